The number of aromatic hydroxyl groups is 3. The summed E-state index contributed by atoms with van der Waals surface area (Å²) in [6, 6.07) is 6.99. The van der Waals surface area contributed by atoms with Gasteiger partial charge in [0.2, 0.25) is 17.5 Å². The minimum atomic E-state index is -2.08. The van der Waals surface area contributed by atoms with Crippen molar-refractivity contribution in [3.8, 4) is 34.3 Å². The molecule has 1 aromatic heterocycles. The Balaban J connectivity index is 1.40. The van der Waals surface area contributed by atoms with Crippen molar-refractivity contribution >= 4 is 11.0 Å². The topological polar surface area (TPSA) is 349 Å². The molecule has 3 aromatic rings. The molecule has 21 nitrogen and oxygen atoms in total. The number of hydrogen-bond donors (Lipinski definition) is 13. The molecule has 298 valence electrons. The van der Waals surface area contributed by atoms with Gasteiger partial charge >= 0.3 is 0 Å². The van der Waals surface area contributed by atoms with E-state index in [0.717, 1.165) is 12.1 Å². The quantitative estimate of drug-likeness (QED) is 0.0922. The standard InChI is InChI=1S/C33H40O21/c34-7-15-19(40)23(44)26(47)31(49-15)53-29-24(45)20(41)17(9-36)51-33(29)54-30-25(46)21(42)16(8-35)50-32(30)52-28-22(43)18-13(39)5-12(38)6-14(18)48-27(28)10-1-3-11(37)4-2-10/h1-6,15-17,19-21,23-26,29-42,44-47H,7-9H2/t15?,16?,17?,19-,20+,21-,23+,24+,25+,26?,29?,30?,31+,32+,33+/m1/s1. The van der Waals surface area contributed by atoms with Crippen molar-refractivity contribution in [2.24, 2.45) is 0 Å². The van der Waals surface area contributed by atoms with Gasteiger partial charge in [-0.05, 0) is 24.3 Å². The monoisotopic (exact) mass is 772 g/mol. The zero-order valence-electron chi connectivity index (χ0n) is 27.8. The van der Waals surface area contributed by atoms with E-state index in [2.05, 4.69) is 0 Å². The molecule has 15 atom stereocenters. The third-order valence-electron chi connectivity index (χ3n) is 9.36. The van der Waals surface area contributed by atoms with Gasteiger partial charge in [0, 0.05) is 17.7 Å². The van der Waals surface area contributed by atoms with E-state index >= 15 is 0 Å². The third-order valence-corrected chi connectivity index (χ3v) is 9.36. The Morgan fingerprint density at radius 2 is 1.07 bits per heavy atom. The second-order valence-corrected chi connectivity index (χ2v) is 12.9. The summed E-state index contributed by atoms with van der Waals surface area (Å²) in [4.78, 5) is 14.0. The Morgan fingerprint density at radius 1 is 0.574 bits per heavy atom. The number of rotatable bonds is 10. The number of aliphatic hydroxyl groups excluding tert-OH is 10. The highest BCUT2D eigenvalue weighted by Gasteiger charge is 2.54. The molecule has 21 heteroatoms. The smallest absolute Gasteiger partial charge is 0.239 e. The van der Waals surface area contributed by atoms with Crippen LogP contribution in [-0.4, -0.2) is 178 Å². The Hall–Kier alpha value is -3.75. The number of phenolic OH excluding ortho intramolecular Hbond substituents is 3. The molecule has 54 heavy (non-hydrogen) atoms. The van der Waals surface area contributed by atoms with Crippen LogP contribution in [0.2, 0.25) is 0 Å². The molecular formula is C33H40O21. The van der Waals surface area contributed by atoms with E-state index in [1.54, 1.807) is 0 Å². The van der Waals surface area contributed by atoms with Crippen molar-refractivity contribution in [3.05, 3.63) is 46.6 Å². The highest BCUT2D eigenvalue weighted by atomic mass is 16.8. The van der Waals surface area contributed by atoms with Crippen LogP contribution in [0.15, 0.2) is 45.6 Å². The van der Waals surface area contributed by atoms with E-state index in [1.165, 1.54) is 24.3 Å². The molecule has 3 aliphatic heterocycles. The van der Waals surface area contributed by atoms with Gasteiger partial charge in [0.05, 0.1) is 19.8 Å². The van der Waals surface area contributed by atoms with Crippen molar-refractivity contribution < 1.29 is 99.2 Å². The maximum atomic E-state index is 14.0. The molecule has 2 aromatic carbocycles. The predicted octanol–water partition coefficient (Wildman–Crippen LogP) is -4.60. The third kappa shape index (κ3) is 7.45. The first-order valence-corrected chi connectivity index (χ1v) is 16.5. The molecule has 0 saturated carbocycles. The highest BCUT2D eigenvalue weighted by Crippen LogP contribution is 2.39. The maximum Gasteiger partial charge on any atom is 0.239 e. The molecule has 3 fully saturated rings. The lowest BCUT2D eigenvalue weighted by Crippen LogP contribution is -2.67. The fraction of sp³-hybridized carbons (Fsp3) is 0.545. The summed E-state index contributed by atoms with van der Waals surface area (Å²) in [5.41, 5.74) is -1.26. The largest absolute Gasteiger partial charge is 0.508 e. The SMILES string of the molecule is O=c1c(O[C@@H]2OC(CO)[C@@H](O)[C@H](O)C2O[C@@H]2OC(CO)[C@H](O)[C@H](O)C2O[C@@H]2OC(CO)[C@@H](O)[C@H](O)C2O)c(-c2ccc(O)cc2)oc2cc(O)cc(O)c12. The summed E-state index contributed by atoms with van der Waals surface area (Å²) in [6.07, 6.45) is -28.3. The Kier molecular flexibility index (Phi) is 11.9. The summed E-state index contributed by atoms with van der Waals surface area (Å²) in [5, 5.41) is 135. The molecule has 4 heterocycles. The second kappa shape index (κ2) is 16.2. The summed E-state index contributed by atoms with van der Waals surface area (Å²) in [7, 11) is 0. The van der Waals surface area contributed by atoms with Gasteiger partial charge in [-0.1, -0.05) is 0 Å². The van der Waals surface area contributed by atoms with Crippen molar-refractivity contribution in [1.82, 2.24) is 0 Å². The van der Waals surface area contributed by atoms with Gasteiger partial charge in [0.1, 0.15) is 95.4 Å². The molecule has 13 N–H and O–H groups in total. The van der Waals surface area contributed by atoms with Gasteiger partial charge in [-0.2, -0.15) is 0 Å². The van der Waals surface area contributed by atoms with Crippen LogP contribution in [0.25, 0.3) is 22.3 Å². The van der Waals surface area contributed by atoms with Crippen LogP contribution < -0.4 is 10.2 Å². The van der Waals surface area contributed by atoms with Gasteiger partial charge < -0.3 is 99.2 Å². The molecule has 6 unspecified atom stereocenters. The van der Waals surface area contributed by atoms with Gasteiger partial charge in [-0.3, -0.25) is 4.79 Å². The average molecular weight is 773 g/mol. The van der Waals surface area contributed by atoms with E-state index in [1.807, 2.05) is 0 Å². The minimum Gasteiger partial charge on any atom is -0.508 e. The molecular weight excluding hydrogens is 732 g/mol. The lowest BCUT2D eigenvalue weighted by atomic mass is 9.96. The van der Waals surface area contributed by atoms with Gasteiger partial charge in [-0.25, -0.2) is 0 Å². The molecule has 3 aliphatic rings. The maximum absolute atomic E-state index is 14.0. The number of benzene rings is 2. The van der Waals surface area contributed by atoms with Crippen LogP contribution >= 0.6 is 0 Å². The fourth-order valence-corrected chi connectivity index (χ4v) is 6.39. The molecule has 0 radical (unpaired) electrons. The second-order valence-electron chi connectivity index (χ2n) is 12.9. The first kappa shape index (κ1) is 39.9. The predicted molar refractivity (Wildman–Crippen MR) is 173 cm³/mol. The van der Waals surface area contributed by atoms with Crippen LogP contribution in [0.1, 0.15) is 0 Å². The average Bonchev–Trinajstić information content (AvgIpc) is 3.14. The molecule has 0 amide bonds. The molecule has 3 saturated heterocycles. The fourth-order valence-electron chi connectivity index (χ4n) is 6.39. The first-order valence-electron chi connectivity index (χ1n) is 16.5. The first-order chi connectivity index (χ1) is 25.7. The van der Waals surface area contributed by atoms with Crippen molar-refractivity contribution in [3.63, 3.8) is 0 Å². The van der Waals surface area contributed by atoms with Crippen LogP contribution in [0.3, 0.4) is 0 Å². The van der Waals surface area contributed by atoms with Crippen LogP contribution in [0.5, 0.6) is 23.0 Å². The zero-order chi connectivity index (χ0) is 39.2. The summed E-state index contributed by atoms with van der Waals surface area (Å²) in [5.74, 6) is -2.45. The molecule has 0 spiro atoms. The zero-order valence-corrected chi connectivity index (χ0v) is 27.8. The number of fused-ring (bicyclic) bond motifs is 1. The van der Waals surface area contributed by atoms with Crippen LogP contribution in [0, 0.1) is 0 Å². The number of aliphatic hydroxyl groups is 10. The number of hydrogen-bond acceptors (Lipinski definition) is 21. The Morgan fingerprint density at radius 3 is 1.65 bits per heavy atom. The van der Waals surface area contributed by atoms with Crippen LogP contribution in [0.4, 0.5) is 0 Å². The lowest BCUT2D eigenvalue weighted by molar-refractivity contribution is -0.389. The molecule has 0 aliphatic carbocycles. The lowest BCUT2D eigenvalue weighted by Gasteiger charge is -2.48. The summed E-state index contributed by atoms with van der Waals surface area (Å²) < 4.78 is 40.2. The van der Waals surface area contributed by atoms with E-state index in [0.29, 0.717) is 0 Å². The minimum absolute atomic E-state index is 0.101. The summed E-state index contributed by atoms with van der Waals surface area (Å²) >= 11 is 0. The highest BCUT2D eigenvalue weighted by molar-refractivity contribution is 5.88. The van der Waals surface area contributed by atoms with Crippen molar-refractivity contribution in [1.29, 1.82) is 0 Å². The summed E-state index contributed by atoms with van der Waals surface area (Å²) in [6.45, 7) is -2.69. The number of phenols is 3. The van der Waals surface area contributed by atoms with Gasteiger partial charge in [0.25, 0.3) is 0 Å². The van der Waals surface area contributed by atoms with Crippen LogP contribution in [-0.2, 0) is 23.7 Å². The number of ether oxygens (including phenoxy) is 6. The van der Waals surface area contributed by atoms with Crippen molar-refractivity contribution in [2.45, 2.75) is 92.1 Å². The van der Waals surface area contributed by atoms with Gasteiger partial charge in [-0.15, -0.1) is 0 Å². The molecule has 0 bridgehead atoms. The van der Waals surface area contributed by atoms with E-state index in [9.17, 15) is 71.2 Å². The Labute approximate surface area is 303 Å². The van der Waals surface area contributed by atoms with E-state index in [-0.39, 0.29) is 22.7 Å². The molecule has 6 rings (SSSR count). The van der Waals surface area contributed by atoms with E-state index in [4.69, 9.17) is 32.8 Å². The van der Waals surface area contributed by atoms with Gasteiger partial charge in [0.15, 0.2) is 24.4 Å². The normalized spacial score (nSPS) is 37.3. The van der Waals surface area contributed by atoms with Crippen molar-refractivity contribution in [2.75, 3.05) is 19.8 Å². The Bertz CT molecular complexity index is 1800. The van der Waals surface area contributed by atoms with E-state index < -0.39 is 140 Å².